The Morgan fingerprint density at radius 3 is 2.31 bits per heavy atom. The van der Waals surface area contributed by atoms with Crippen molar-refractivity contribution < 1.29 is 28.6 Å². The monoisotopic (exact) mass is 397 g/mol. The smallest absolute Gasteiger partial charge is 0.325 e. The van der Waals surface area contributed by atoms with E-state index < -0.39 is 12.6 Å². The molecule has 7 nitrogen and oxygen atoms in total. The second-order valence-corrected chi connectivity index (χ2v) is 7.66. The molecule has 1 heterocycles. The molecule has 1 N–H and O–H groups in total. The molecule has 0 saturated carbocycles. The third kappa shape index (κ3) is 5.13. The summed E-state index contributed by atoms with van der Waals surface area (Å²) >= 11 is 0. The Labute approximate surface area is 169 Å². The highest BCUT2D eigenvalue weighted by atomic mass is 16.7. The van der Waals surface area contributed by atoms with E-state index in [0.29, 0.717) is 22.6 Å². The minimum absolute atomic E-state index is 0.0106. The summed E-state index contributed by atoms with van der Waals surface area (Å²) in [7, 11) is 0. The summed E-state index contributed by atoms with van der Waals surface area (Å²) in [6.45, 7) is 5.62. The number of ether oxygens (including phenoxy) is 3. The minimum atomic E-state index is -0.696. The lowest BCUT2D eigenvalue weighted by Crippen LogP contribution is -2.31. The molecule has 2 aromatic rings. The van der Waals surface area contributed by atoms with Gasteiger partial charge in [0.15, 0.2) is 23.9 Å². The number of Topliss-reactive ketones (excluding diaryl/α,β-unsaturated/α-hetero) is 1. The lowest BCUT2D eigenvalue weighted by molar-refractivity contribution is -0.141. The van der Waals surface area contributed by atoms with Crippen molar-refractivity contribution in [2.45, 2.75) is 26.2 Å². The molecular weight excluding hydrogens is 374 g/mol. The summed E-state index contributed by atoms with van der Waals surface area (Å²) in [5.41, 5.74) is 1.89. The maximum Gasteiger partial charge on any atom is 0.325 e. The number of carbonyl (C=O) groups excluding carboxylic acids is 3. The van der Waals surface area contributed by atoms with Crippen LogP contribution in [0.5, 0.6) is 11.5 Å². The Kier molecular flexibility index (Phi) is 5.87. The third-order valence-electron chi connectivity index (χ3n) is 4.47. The van der Waals surface area contributed by atoms with Crippen LogP contribution in [0.25, 0.3) is 0 Å². The fourth-order valence-electron chi connectivity index (χ4n) is 2.73. The molecule has 152 valence electrons. The van der Waals surface area contributed by atoms with Gasteiger partial charge < -0.3 is 19.5 Å². The maximum absolute atomic E-state index is 12.2. The van der Waals surface area contributed by atoms with E-state index in [1.54, 1.807) is 30.3 Å². The average molecular weight is 397 g/mol. The van der Waals surface area contributed by atoms with E-state index >= 15 is 0 Å². The van der Waals surface area contributed by atoms with Crippen molar-refractivity contribution in [1.29, 1.82) is 0 Å². The summed E-state index contributed by atoms with van der Waals surface area (Å²) in [4.78, 5) is 36.2. The van der Waals surface area contributed by atoms with E-state index in [0.717, 1.165) is 5.56 Å². The van der Waals surface area contributed by atoms with Crippen molar-refractivity contribution >= 4 is 17.7 Å². The topological polar surface area (TPSA) is 90.9 Å². The Bertz CT molecular complexity index is 927. The molecule has 0 atom stereocenters. The van der Waals surface area contributed by atoms with Crippen LogP contribution in [0, 0.1) is 0 Å². The summed E-state index contributed by atoms with van der Waals surface area (Å²) in [6.07, 6.45) is 0. The number of hydrogen-bond donors (Lipinski definition) is 1. The molecule has 3 rings (SSSR count). The van der Waals surface area contributed by atoms with Crippen LogP contribution in [0.1, 0.15) is 47.1 Å². The van der Waals surface area contributed by atoms with Gasteiger partial charge in [-0.15, -0.1) is 0 Å². The van der Waals surface area contributed by atoms with Gasteiger partial charge in [-0.05, 0) is 41.3 Å². The van der Waals surface area contributed by atoms with E-state index in [4.69, 9.17) is 14.2 Å². The molecular formula is C22H23NO6. The normalized spacial score (nSPS) is 12.4. The zero-order chi connectivity index (χ0) is 21.0. The van der Waals surface area contributed by atoms with Crippen molar-refractivity contribution in [2.24, 2.45) is 0 Å². The van der Waals surface area contributed by atoms with E-state index in [1.165, 1.54) is 0 Å². The summed E-state index contributed by atoms with van der Waals surface area (Å²) < 4.78 is 15.4. The van der Waals surface area contributed by atoms with Crippen molar-refractivity contribution in [3.8, 4) is 11.5 Å². The van der Waals surface area contributed by atoms with Gasteiger partial charge in [-0.2, -0.15) is 0 Å². The quantitative estimate of drug-likeness (QED) is 0.595. The SMILES string of the molecule is CC(C)(C)c1ccc(C(=O)NCC(=O)OCC(=O)c2ccc3c(c2)OCO3)cc1. The second-order valence-electron chi connectivity index (χ2n) is 7.66. The number of hydrogen-bond acceptors (Lipinski definition) is 6. The number of benzene rings is 2. The standard InChI is InChI=1S/C22H23NO6/c1-22(2,3)16-7-4-14(5-8-16)21(26)23-11-20(25)27-12-17(24)15-6-9-18-19(10-15)29-13-28-18/h4-10H,11-13H2,1-3H3,(H,23,26). The first-order chi connectivity index (χ1) is 13.7. The van der Waals surface area contributed by atoms with E-state index in [1.807, 2.05) is 12.1 Å². The highest BCUT2D eigenvalue weighted by Gasteiger charge is 2.18. The van der Waals surface area contributed by atoms with Gasteiger partial charge in [0.1, 0.15) is 6.54 Å². The highest BCUT2D eigenvalue weighted by molar-refractivity contribution is 5.99. The Morgan fingerprint density at radius 2 is 1.62 bits per heavy atom. The van der Waals surface area contributed by atoms with E-state index in [9.17, 15) is 14.4 Å². The fourth-order valence-corrected chi connectivity index (χ4v) is 2.73. The number of amides is 1. The van der Waals surface area contributed by atoms with Crippen molar-refractivity contribution in [3.63, 3.8) is 0 Å². The van der Waals surface area contributed by atoms with Gasteiger partial charge in [0.25, 0.3) is 5.91 Å². The average Bonchev–Trinajstić information content (AvgIpc) is 3.17. The van der Waals surface area contributed by atoms with Crippen molar-refractivity contribution in [2.75, 3.05) is 19.9 Å². The first-order valence-corrected chi connectivity index (χ1v) is 9.21. The minimum Gasteiger partial charge on any atom is -0.456 e. The number of fused-ring (bicyclic) bond motifs is 1. The summed E-state index contributed by atoms with van der Waals surface area (Å²) in [6, 6.07) is 11.9. The molecule has 0 fully saturated rings. The number of esters is 1. The molecule has 0 spiro atoms. The predicted octanol–water partition coefficient (Wildman–Crippen LogP) is 2.87. The second kappa shape index (κ2) is 8.34. The first-order valence-electron chi connectivity index (χ1n) is 9.21. The van der Waals surface area contributed by atoms with Gasteiger partial charge >= 0.3 is 5.97 Å². The Balaban J connectivity index is 1.46. The van der Waals surface area contributed by atoms with E-state index in [2.05, 4.69) is 26.1 Å². The van der Waals surface area contributed by atoms with E-state index in [-0.39, 0.29) is 30.4 Å². The Hall–Kier alpha value is -3.35. The molecule has 0 aliphatic carbocycles. The molecule has 1 amide bonds. The molecule has 0 saturated heterocycles. The van der Waals surface area contributed by atoms with Crippen LogP contribution < -0.4 is 14.8 Å². The van der Waals surface area contributed by atoms with Crippen LogP contribution in [-0.2, 0) is 14.9 Å². The molecule has 2 aromatic carbocycles. The van der Waals surface area contributed by atoms with Crippen molar-refractivity contribution in [1.82, 2.24) is 5.32 Å². The third-order valence-corrected chi connectivity index (χ3v) is 4.47. The fraction of sp³-hybridized carbons (Fsp3) is 0.318. The maximum atomic E-state index is 12.2. The lowest BCUT2D eigenvalue weighted by Gasteiger charge is -2.19. The van der Waals surface area contributed by atoms with Crippen LogP contribution in [0.2, 0.25) is 0 Å². The highest BCUT2D eigenvalue weighted by Crippen LogP contribution is 2.32. The molecule has 0 aromatic heterocycles. The van der Waals surface area contributed by atoms with Gasteiger partial charge in [-0.3, -0.25) is 14.4 Å². The van der Waals surface area contributed by atoms with Crippen molar-refractivity contribution in [3.05, 3.63) is 59.2 Å². The number of ketones is 1. The lowest BCUT2D eigenvalue weighted by atomic mass is 9.87. The Morgan fingerprint density at radius 1 is 0.966 bits per heavy atom. The molecule has 0 unspecified atom stereocenters. The summed E-state index contributed by atoms with van der Waals surface area (Å²) in [5, 5.41) is 2.49. The van der Waals surface area contributed by atoms with Gasteiger partial charge in [0.05, 0.1) is 0 Å². The predicted molar refractivity (Wildman–Crippen MR) is 105 cm³/mol. The van der Waals surface area contributed by atoms with Crippen LogP contribution in [0.3, 0.4) is 0 Å². The molecule has 0 bridgehead atoms. The van der Waals surface area contributed by atoms with Crippen LogP contribution in [0.4, 0.5) is 0 Å². The molecule has 29 heavy (non-hydrogen) atoms. The van der Waals surface area contributed by atoms with Crippen LogP contribution in [0.15, 0.2) is 42.5 Å². The largest absolute Gasteiger partial charge is 0.456 e. The zero-order valence-electron chi connectivity index (χ0n) is 16.6. The molecule has 0 radical (unpaired) electrons. The number of rotatable bonds is 6. The summed E-state index contributed by atoms with van der Waals surface area (Å²) in [5.74, 6) is -0.410. The number of carbonyl (C=O) groups is 3. The van der Waals surface area contributed by atoms with Gasteiger partial charge in [-0.1, -0.05) is 32.9 Å². The number of nitrogens with one attached hydrogen (secondary N) is 1. The van der Waals surface area contributed by atoms with Gasteiger partial charge in [-0.25, -0.2) is 0 Å². The van der Waals surface area contributed by atoms with Crippen LogP contribution in [-0.4, -0.2) is 37.6 Å². The first kappa shape index (κ1) is 20.4. The van der Waals surface area contributed by atoms with Gasteiger partial charge in [0.2, 0.25) is 6.79 Å². The van der Waals surface area contributed by atoms with Gasteiger partial charge in [0, 0.05) is 11.1 Å². The van der Waals surface area contributed by atoms with Crippen LogP contribution >= 0.6 is 0 Å². The molecule has 7 heteroatoms. The zero-order valence-corrected chi connectivity index (χ0v) is 16.6. The molecule has 1 aliphatic rings. The molecule has 1 aliphatic heterocycles.